The Bertz CT molecular complexity index is 347. The van der Waals surface area contributed by atoms with Crippen LogP contribution in [0, 0.1) is 5.92 Å². The molecule has 1 N–H and O–H groups in total. The van der Waals surface area contributed by atoms with Gasteiger partial charge in [-0.15, -0.1) is 0 Å². The number of rotatable bonds is 2. The molecule has 1 aliphatic rings. The van der Waals surface area contributed by atoms with Gasteiger partial charge in [-0.2, -0.15) is 5.10 Å². The summed E-state index contributed by atoms with van der Waals surface area (Å²) in [5.41, 5.74) is 0. The predicted molar refractivity (Wildman–Crippen MR) is 71.3 cm³/mol. The van der Waals surface area contributed by atoms with Crippen LogP contribution in [0.4, 0.5) is 5.82 Å². The standard InChI is InChI=1S/C13H24N4/c1-4-12-5-8-17(10-11(2)9-14-12)13-6-7-16(3)15-13/h6-7,11-12,14H,4-5,8-10H2,1-3H3. The lowest BCUT2D eigenvalue weighted by Gasteiger charge is -2.32. The minimum atomic E-state index is 0.656. The number of hydrogen-bond donors (Lipinski definition) is 1. The zero-order valence-electron chi connectivity index (χ0n) is 11.2. The molecule has 2 heterocycles. The minimum absolute atomic E-state index is 0.656. The van der Waals surface area contributed by atoms with E-state index in [1.54, 1.807) is 0 Å². The van der Waals surface area contributed by atoms with Gasteiger partial charge in [0, 0.05) is 38.4 Å². The Labute approximate surface area is 104 Å². The number of aryl methyl sites for hydroxylation is 1. The van der Waals surface area contributed by atoms with E-state index in [1.165, 1.54) is 12.8 Å². The van der Waals surface area contributed by atoms with Gasteiger partial charge in [0.15, 0.2) is 5.82 Å². The average Bonchev–Trinajstić information content (AvgIpc) is 2.71. The van der Waals surface area contributed by atoms with Crippen molar-refractivity contribution in [1.29, 1.82) is 0 Å². The highest BCUT2D eigenvalue weighted by Gasteiger charge is 2.19. The van der Waals surface area contributed by atoms with Crippen molar-refractivity contribution in [3.63, 3.8) is 0 Å². The molecule has 4 heteroatoms. The average molecular weight is 236 g/mol. The summed E-state index contributed by atoms with van der Waals surface area (Å²) in [4.78, 5) is 2.42. The third-order valence-electron chi connectivity index (χ3n) is 3.55. The molecule has 2 rings (SSSR count). The first-order valence-electron chi connectivity index (χ1n) is 6.67. The highest BCUT2D eigenvalue weighted by Crippen LogP contribution is 2.16. The van der Waals surface area contributed by atoms with E-state index in [4.69, 9.17) is 0 Å². The predicted octanol–water partition coefficient (Wildman–Crippen LogP) is 1.63. The maximum Gasteiger partial charge on any atom is 0.150 e. The maximum atomic E-state index is 4.51. The lowest BCUT2D eigenvalue weighted by molar-refractivity contribution is 0.386. The van der Waals surface area contributed by atoms with E-state index in [0.717, 1.165) is 25.5 Å². The van der Waals surface area contributed by atoms with Gasteiger partial charge in [-0.1, -0.05) is 13.8 Å². The summed E-state index contributed by atoms with van der Waals surface area (Å²) < 4.78 is 1.88. The van der Waals surface area contributed by atoms with Crippen LogP contribution in [0.5, 0.6) is 0 Å². The number of aromatic nitrogens is 2. The molecule has 0 radical (unpaired) electrons. The molecule has 0 amide bonds. The normalized spacial score (nSPS) is 26.6. The Morgan fingerprint density at radius 1 is 1.53 bits per heavy atom. The zero-order valence-corrected chi connectivity index (χ0v) is 11.2. The van der Waals surface area contributed by atoms with Crippen LogP contribution in [-0.2, 0) is 7.05 Å². The maximum absolute atomic E-state index is 4.51. The largest absolute Gasteiger partial charge is 0.355 e. The molecule has 1 aromatic rings. The molecule has 1 aliphatic heterocycles. The summed E-state index contributed by atoms with van der Waals surface area (Å²) in [7, 11) is 1.98. The van der Waals surface area contributed by atoms with Crippen LogP contribution in [0.1, 0.15) is 26.7 Å². The Kier molecular flexibility index (Phi) is 4.05. The summed E-state index contributed by atoms with van der Waals surface area (Å²) in [6.07, 6.45) is 4.44. The third-order valence-corrected chi connectivity index (χ3v) is 3.55. The fourth-order valence-electron chi connectivity index (χ4n) is 2.44. The van der Waals surface area contributed by atoms with Gasteiger partial charge in [0.05, 0.1) is 0 Å². The first-order chi connectivity index (χ1) is 8.19. The molecule has 17 heavy (non-hydrogen) atoms. The van der Waals surface area contributed by atoms with E-state index in [-0.39, 0.29) is 0 Å². The fourth-order valence-corrected chi connectivity index (χ4v) is 2.44. The van der Waals surface area contributed by atoms with E-state index in [0.29, 0.717) is 12.0 Å². The van der Waals surface area contributed by atoms with Crippen molar-refractivity contribution in [1.82, 2.24) is 15.1 Å². The third kappa shape index (κ3) is 3.22. The van der Waals surface area contributed by atoms with Crippen molar-refractivity contribution in [3.8, 4) is 0 Å². The van der Waals surface area contributed by atoms with Crippen LogP contribution in [0.3, 0.4) is 0 Å². The van der Waals surface area contributed by atoms with Gasteiger partial charge < -0.3 is 10.2 Å². The molecular formula is C13H24N4. The Morgan fingerprint density at radius 3 is 3.00 bits per heavy atom. The molecule has 1 aromatic heterocycles. The van der Waals surface area contributed by atoms with Gasteiger partial charge in [-0.05, 0) is 25.3 Å². The SMILES string of the molecule is CCC1CCN(c2ccn(C)n2)CC(C)CN1. The van der Waals surface area contributed by atoms with E-state index >= 15 is 0 Å². The summed E-state index contributed by atoms with van der Waals surface area (Å²) in [6, 6.07) is 2.77. The molecule has 0 bridgehead atoms. The number of anilines is 1. The van der Waals surface area contributed by atoms with Crippen molar-refractivity contribution in [3.05, 3.63) is 12.3 Å². The minimum Gasteiger partial charge on any atom is -0.355 e. The molecule has 2 atom stereocenters. The molecule has 1 saturated heterocycles. The fraction of sp³-hybridized carbons (Fsp3) is 0.769. The lowest BCUT2D eigenvalue weighted by atomic mass is 10.0. The van der Waals surface area contributed by atoms with Gasteiger partial charge >= 0.3 is 0 Å². The van der Waals surface area contributed by atoms with Crippen LogP contribution >= 0.6 is 0 Å². The Balaban J connectivity index is 2.05. The van der Waals surface area contributed by atoms with Crippen LogP contribution in [0.2, 0.25) is 0 Å². The molecule has 96 valence electrons. The van der Waals surface area contributed by atoms with Crippen molar-refractivity contribution in [2.75, 3.05) is 24.5 Å². The van der Waals surface area contributed by atoms with Crippen LogP contribution in [0.25, 0.3) is 0 Å². The van der Waals surface area contributed by atoms with Crippen molar-refractivity contribution in [2.45, 2.75) is 32.7 Å². The molecule has 4 nitrogen and oxygen atoms in total. The highest BCUT2D eigenvalue weighted by atomic mass is 15.3. The molecule has 2 unspecified atom stereocenters. The van der Waals surface area contributed by atoms with Gasteiger partial charge in [-0.25, -0.2) is 0 Å². The second kappa shape index (κ2) is 5.54. The molecule has 0 saturated carbocycles. The summed E-state index contributed by atoms with van der Waals surface area (Å²) in [5.74, 6) is 1.79. The van der Waals surface area contributed by atoms with Crippen molar-refractivity contribution >= 4 is 5.82 Å². The number of nitrogens with zero attached hydrogens (tertiary/aromatic N) is 3. The Hall–Kier alpha value is -1.03. The molecule has 0 aliphatic carbocycles. The summed E-state index contributed by atoms with van der Waals surface area (Å²) >= 11 is 0. The molecule has 0 spiro atoms. The summed E-state index contributed by atoms with van der Waals surface area (Å²) in [5, 5.41) is 8.16. The van der Waals surface area contributed by atoms with Crippen molar-refractivity contribution in [2.24, 2.45) is 13.0 Å². The first-order valence-corrected chi connectivity index (χ1v) is 6.67. The Morgan fingerprint density at radius 2 is 2.35 bits per heavy atom. The van der Waals surface area contributed by atoms with E-state index in [2.05, 4.69) is 35.2 Å². The van der Waals surface area contributed by atoms with Gasteiger partial charge in [0.1, 0.15) is 0 Å². The monoisotopic (exact) mass is 236 g/mol. The van der Waals surface area contributed by atoms with Crippen LogP contribution < -0.4 is 10.2 Å². The van der Waals surface area contributed by atoms with E-state index in [1.807, 2.05) is 17.9 Å². The molecular weight excluding hydrogens is 212 g/mol. The smallest absolute Gasteiger partial charge is 0.150 e. The van der Waals surface area contributed by atoms with Gasteiger partial charge in [0.25, 0.3) is 0 Å². The van der Waals surface area contributed by atoms with E-state index in [9.17, 15) is 0 Å². The van der Waals surface area contributed by atoms with Gasteiger partial charge in [-0.3, -0.25) is 4.68 Å². The highest BCUT2D eigenvalue weighted by molar-refractivity contribution is 5.37. The number of hydrogen-bond acceptors (Lipinski definition) is 3. The first kappa shape index (κ1) is 12.4. The van der Waals surface area contributed by atoms with E-state index < -0.39 is 0 Å². The van der Waals surface area contributed by atoms with Crippen LogP contribution in [0.15, 0.2) is 12.3 Å². The number of nitrogens with one attached hydrogen (secondary N) is 1. The van der Waals surface area contributed by atoms with Crippen LogP contribution in [-0.4, -0.2) is 35.5 Å². The second-order valence-electron chi connectivity index (χ2n) is 5.20. The van der Waals surface area contributed by atoms with Gasteiger partial charge in [0.2, 0.25) is 0 Å². The second-order valence-corrected chi connectivity index (χ2v) is 5.20. The topological polar surface area (TPSA) is 33.1 Å². The lowest BCUT2D eigenvalue weighted by Crippen LogP contribution is -2.43. The molecule has 1 fully saturated rings. The molecule has 0 aromatic carbocycles. The quantitative estimate of drug-likeness (QED) is 0.847. The summed E-state index contributed by atoms with van der Waals surface area (Å²) in [6.45, 7) is 7.88. The zero-order chi connectivity index (χ0) is 12.3. The van der Waals surface area contributed by atoms with Crippen molar-refractivity contribution < 1.29 is 0 Å².